The van der Waals surface area contributed by atoms with E-state index >= 15 is 0 Å². The van der Waals surface area contributed by atoms with Crippen molar-refractivity contribution in [3.05, 3.63) is 60.9 Å². The molecule has 0 N–H and O–H groups in total. The number of hydrogen-bond donors (Lipinski definition) is 0. The van der Waals surface area contributed by atoms with E-state index in [-0.39, 0.29) is 0 Å². The molecular formula is C18H10N2OS2. The second-order valence-electron chi connectivity index (χ2n) is 5.14. The van der Waals surface area contributed by atoms with Crippen LogP contribution in [-0.2, 0) is 0 Å². The van der Waals surface area contributed by atoms with Gasteiger partial charge in [-0.05, 0) is 30.3 Å². The monoisotopic (exact) mass is 334 g/mol. The van der Waals surface area contributed by atoms with Crippen molar-refractivity contribution in [1.82, 2.24) is 9.97 Å². The molecule has 0 aliphatic carbocycles. The van der Waals surface area contributed by atoms with E-state index in [9.17, 15) is 0 Å². The van der Waals surface area contributed by atoms with Gasteiger partial charge in [0.15, 0.2) is 10.8 Å². The molecule has 3 heterocycles. The van der Waals surface area contributed by atoms with Crippen LogP contribution < -0.4 is 0 Å². The lowest BCUT2D eigenvalue weighted by atomic mass is 10.2. The van der Waals surface area contributed by atoms with Crippen molar-refractivity contribution in [2.75, 3.05) is 0 Å². The first-order valence-corrected chi connectivity index (χ1v) is 8.81. The minimum Gasteiger partial charge on any atom is -0.461 e. The van der Waals surface area contributed by atoms with E-state index in [0.29, 0.717) is 0 Å². The molecule has 0 atom stereocenters. The number of thiazole rings is 2. The van der Waals surface area contributed by atoms with Gasteiger partial charge in [-0.2, -0.15) is 0 Å². The number of rotatable bonds is 2. The molecule has 5 aromatic rings. The first-order valence-electron chi connectivity index (χ1n) is 7.18. The summed E-state index contributed by atoms with van der Waals surface area (Å²) in [5.41, 5.74) is 3.02. The molecule has 0 unspecified atom stereocenters. The number of hydrogen-bond acceptors (Lipinski definition) is 5. The summed E-state index contributed by atoms with van der Waals surface area (Å²) in [7, 11) is 0. The molecule has 2 aromatic carbocycles. The van der Waals surface area contributed by atoms with Crippen LogP contribution in [0.5, 0.6) is 0 Å². The maximum atomic E-state index is 5.75. The zero-order chi connectivity index (χ0) is 15.2. The van der Waals surface area contributed by atoms with Crippen LogP contribution in [0.15, 0.2) is 65.3 Å². The summed E-state index contributed by atoms with van der Waals surface area (Å²) in [5, 5.41) is 1.86. The zero-order valence-corrected chi connectivity index (χ0v) is 13.5. The number of furan rings is 1. The predicted molar refractivity (Wildman–Crippen MR) is 95.9 cm³/mol. The smallest absolute Gasteiger partial charge is 0.172 e. The molecule has 0 fully saturated rings. The second kappa shape index (κ2) is 5.01. The Morgan fingerprint density at radius 1 is 0.696 bits per heavy atom. The SMILES string of the molecule is c1ccc2sc(-c3ccoc3-c3nc4ccccc4s3)nc2c1. The Bertz CT molecular complexity index is 982. The number of aromatic nitrogens is 2. The molecule has 0 bridgehead atoms. The van der Waals surface area contributed by atoms with E-state index < -0.39 is 0 Å². The van der Waals surface area contributed by atoms with Crippen molar-refractivity contribution in [3.8, 4) is 21.3 Å². The van der Waals surface area contributed by atoms with Crippen LogP contribution in [0.1, 0.15) is 0 Å². The number of benzene rings is 2. The quantitative estimate of drug-likeness (QED) is 0.407. The molecule has 5 heteroatoms. The fourth-order valence-corrected chi connectivity index (χ4v) is 4.56. The van der Waals surface area contributed by atoms with Crippen molar-refractivity contribution in [2.24, 2.45) is 0 Å². The summed E-state index contributed by atoms with van der Waals surface area (Å²) >= 11 is 3.32. The Kier molecular flexibility index (Phi) is 2.83. The Morgan fingerprint density at radius 2 is 1.30 bits per heavy atom. The largest absolute Gasteiger partial charge is 0.461 e. The Hall–Kier alpha value is -2.50. The number of para-hydroxylation sites is 2. The molecule has 5 rings (SSSR count). The van der Waals surface area contributed by atoms with Crippen LogP contribution >= 0.6 is 22.7 Å². The number of fused-ring (bicyclic) bond motifs is 2. The van der Waals surface area contributed by atoms with E-state index in [1.54, 1.807) is 28.9 Å². The average Bonchev–Trinajstić information content (AvgIpc) is 3.30. The molecule has 110 valence electrons. The lowest BCUT2D eigenvalue weighted by Gasteiger charge is -1.94. The summed E-state index contributed by atoms with van der Waals surface area (Å²) in [6, 6.07) is 18.3. The minimum absolute atomic E-state index is 0.797. The highest BCUT2D eigenvalue weighted by atomic mass is 32.1. The van der Waals surface area contributed by atoms with E-state index in [0.717, 1.165) is 37.1 Å². The van der Waals surface area contributed by atoms with Crippen LogP contribution in [0.3, 0.4) is 0 Å². The third kappa shape index (κ3) is 2.09. The summed E-state index contributed by atoms with van der Waals surface area (Å²) in [6.45, 7) is 0. The number of nitrogens with zero attached hydrogens (tertiary/aromatic N) is 2. The van der Waals surface area contributed by atoms with Crippen molar-refractivity contribution >= 4 is 43.1 Å². The van der Waals surface area contributed by atoms with Gasteiger partial charge in [-0.15, -0.1) is 22.7 Å². The van der Waals surface area contributed by atoms with Gasteiger partial charge in [-0.3, -0.25) is 0 Å². The topological polar surface area (TPSA) is 38.9 Å². The molecule has 0 aliphatic heterocycles. The van der Waals surface area contributed by atoms with Gasteiger partial charge in [0.2, 0.25) is 0 Å². The zero-order valence-electron chi connectivity index (χ0n) is 11.9. The van der Waals surface area contributed by atoms with Gasteiger partial charge in [0.25, 0.3) is 0 Å². The molecule has 0 radical (unpaired) electrons. The summed E-state index contributed by atoms with van der Waals surface area (Å²) in [4.78, 5) is 9.43. The third-order valence-electron chi connectivity index (χ3n) is 3.68. The Morgan fingerprint density at radius 3 is 2.00 bits per heavy atom. The van der Waals surface area contributed by atoms with Crippen molar-refractivity contribution in [3.63, 3.8) is 0 Å². The molecule has 0 saturated carbocycles. The molecule has 23 heavy (non-hydrogen) atoms. The molecule has 0 aliphatic rings. The highest BCUT2D eigenvalue weighted by molar-refractivity contribution is 7.22. The third-order valence-corrected chi connectivity index (χ3v) is 5.78. The van der Waals surface area contributed by atoms with Gasteiger partial charge >= 0.3 is 0 Å². The van der Waals surface area contributed by atoms with Crippen molar-refractivity contribution in [1.29, 1.82) is 0 Å². The van der Waals surface area contributed by atoms with Crippen molar-refractivity contribution in [2.45, 2.75) is 0 Å². The summed E-state index contributed by atoms with van der Waals surface area (Å²) in [5.74, 6) is 0.797. The van der Waals surface area contributed by atoms with E-state index in [1.165, 1.54) is 4.70 Å². The fourth-order valence-electron chi connectivity index (χ4n) is 2.60. The lowest BCUT2D eigenvalue weighted by Crippen LogP contribution is -1.78. The molecule has 0 spiro atoms. The summed E-state index contributed by atoms with van der Waals surface area (Å²) in [6.07, 6.45) is 1.71. The van der Waals surface area contributed by atoms with E-state index in [4.69, 9.17) is 14.4 Å². The molecular weight excluding hydrogens is 324 g/mol. The van der Waals surface area contributed by atoms with Gasteiger partial charge in [0.05, 0.1) is 32.3 Å². The molecule has 0 amide bonds. The summed E-state index contributed by atoms with van der Waals surface area (Å²) < 4.78 is 8.09. The average molecular weight is 334 g/mol. The van der Waals surface area contributed by atoms with Crippen LogP contribution in [0.25, 0.3) is 41.8 Å². The minimum atomic E-state index is 0.797. The molecule has 0 saturated heterocycles. The Labute approximate surface area is 139 Å². The van der Waals surface area contributed by atoms with E-state index in [1.807, 2.05) is 42.5 Å². The molecule has 3 nitrogen and oxygen atoms in total. The van der Waals surface area contributed by atoms with E-state index in [2.05, 4.69) is 12.1 Å². The van der Waals surface area contributed by atoms with Gasteiger partial charge in [0.1, 0.15) is 5.01 Å². The van der Waals surface area contributed by atoms with Gasteiger partial charge in [-0.25, -0.2) is 9.97 Å². The van der Waals surface area contributed by atoms with Crippen LogP contribution in [0, 0.1) is 0 Å². The maximum absolute atomic E-state index is 5.75. The Balaban J connectivity index is 1.69. The fraction of sp³-hybridized carbons (Fsp3) is 0. The lowest BCUT2D eigenvalue weighted by molar-refractivity contribution is 0.582. The van der Waals surface area contributed by atoms with Gasteiger partial charge < -0.3 is 4.42 Å². The highest BCUT2D eigenvalue weighted by Gasteiger charge is 2.18. The van der Waals surface area contributed by atoms with Crippen LogP contribution in [0.4, 0.5) is 0 Å². The van der Waals surface area contributed by atoms with Crippen LogP contribution in [0.2, 0.25) is 0 Å². The predicted octanol–water partition coefficient (Wildman–Crippen LogP) is 5.83. The first-order chi connectivity index (χ1) is 11.4. The van der Waals surface area contributed by atoms with Gasteiger partial charge in [0, 0.05) is 0 Å². The van der Waals surface area contributed by atoms with Gasteiger partial charge in [-0.1, -0.05) is 24.3 Å². The van der Waals surface area contributed by atoms with Crippen molar-refractivity contribution < 1.29 is 4.42 Å². The maximum Gasteiger partial charge on any atom is 0.172 e. The first kappa shape index (κ1) is 13.0. The normalized spacial score (nSPS) is 11.5. The second-order valence-corrected chi connectivity index (χ2v) is 7.20. The highest BCUT2D eigenvalue weighted by Crippen LogP contribution is 2.39. The standard InChI is InChI=1S/C18H10N2OS2/c1-3-7-14-12(5-1)19-17(22-14)11-9-10-21-16(11)18-20-13-6-2-4-8-15(13)23-18/h1-10H. The van der Waals surface area contributed by atoms with Crippen LogP contribution in [-0.4, -0.2) is 9.97 Å². The molecule has 3 aromatic heterocycles.